The molecule has 0 spiro atoms. The van der Waals surface area contributed by atoms with E-state index in [-0.39, 0.29) is 6.04 Å². The molecule has 1 saturated heterocycles. The third-order valence-corrected chi connectivity index (χ3v) is 4.36. The third kappa shape index (κ3) is 3.41. The zero-order valence-corrected chi connectivity index (χ0v) is 12.8. The molecule has 0 radical (unpaired) electrons. The summed E-state index contributed by atoms with van der Waals surface area (Å²) < 4.78 is 0. The van der Waals surface area contributed by atoms with Crippen LogP contribution in [0.4, 0.5) is 5.69 Å². The van der Waals surface area contributed by atoms with Gasteiger partial charge in [-0.3, -0.25) is 0 Å². The lowest BCUT2D eigenvalue weighted by atomic mass is 10.0. The summed E-state index contributed by atoms with van der Waals surface area (Å²) in [6.07, 6.45) is 2.42. The average molecular weight is 282 g/mol. The molecule has 1 aromatic rings. The SMILES string of the molecule is CC(N)c1ccc(N2CCC(N(C)C)CC2)cc1Cl. The van der Waals surface area contributed by atoms with Gasteiger partial charge in [0.2, 0.25) is 0 Å². The van der Waals surface area contributed by atoms with Crippen LogP contribution in [0, 0.1) is 0 Å². The maximum atomic E-state index is 6.31. The summed E-state index contributed by atoms with van der Waals surface area (Å²) in [4.78, 5) is 4.74. The fourth-order valence-corrected chi connectivity index (χ4v) is 3.07. The van der Waals surface area contributed by atoms with Crippen LogP contribution in [0.2, 0.25) is 5.02 Å². The lowest BCUT2D eigenvalue weighted by Crippen LogP contribution is -2.42. The molecule has 0 bridgehead atoms. The van der Waals surface area contributed by atoms with Crippen molar-refractivity contribution in [3.63, 3.8) is 0 Å². The van der Waals surface area contributed by atoms with Crippen molar-refractivity contribution < 1.29 is 0 Å². The molecule has 1 atom stereocenters. The highest BCUT2D eigenvalue weighted by molar-refractivity contribution is 6.31. The molecule has 1 aliphatic rings. The zero-order chi connectivity index (χ0) is 14.0. The monoisotopic (exact) mass is 281 g/mol. The minimum absolute atomic E-state index is 0.0129. The first-order valence-electron chi connectivity index (χ1n) is 6.95. The molecule has 1 unspecified atom stereocenters. The van der Waals surface area contributed by atoms with Gasteiger partial charge in [0, 0.05) is 35.9 Å². The van der Waals surface area contributed by atoms with Gasteiger partial charge < -0.3 is 15.5 Å². The van der Waals surface area contributed by atoms with Crippen LogP contribution in [0.25, 0.3) is 0 Å². The van der Waals surface area contributed by atoms with E-state index in [0.717, 1.165) is 23.7 Å². The fraction of sp³-hybridized carbons (Fsp3) is 0.600. The zero-order valence-electron chi connectivity index (χ0n) is 12.1. The van der Waals surface area contributed by atoms with Crippen LogP contribution in [-0.2, 0) is 0 Å². The van der Waals surface area contributed by atoms with Gasteiger partial charge in [0.25, 0.3) is 0 Å². The standard InChI is InChI=1S/C15H24ClN3/c1-11(17)14-5-4-13(10-15(14)16)19-8-6-12(7-9-19)18(2)3/h4-5,10-12H,6-9,17H2,1-3H3. The van der Waals surface area contributed by atoms with E-state index >= 15 is 0 Å². The molecule has 106 valence electrons. The first-order chi connectivity index (χ1) is 8.99. The summed E-state index contributed by atoms with van der Waals surface area (Å²) >= 11 is 6.31. The molecule has 19 heavy (non-hydrogen) atoms. The molecule has 0 aromatic heterocycles. The highest BCUT2D eigenvalue weighted by atomic mass is 35.5. The Morgan fingerprint density at radius 3 is 2.42 bits per heavy atom. The van der Waals surface area contributed by atoms with Crippen LogP contribution in [0.5, 0.6) is 0 Å². The number of nitrogens with two attached hydrogens (primary N) is 1. The molecule has 3 nitrogen and oxygen atoms in total. The highest BCUT2D eigenvalue weighted by Gasteiger charge is 2.21. The predicted molar refractivity (Wildman–Crippen MR) is 83.0 cm³/mol. The number of hydrogen-bond acceptors (Lipinski definition) is 3. The number of benzene rings is 1. The molecule has 4 heteroatoms. The number of rotatable bonds is 3. The van der Waals surface area contributed by atoms with Crippen LogP contribution >= 0.6 is 11.6 Å². The maximum absolute atomic E-state index is 6.31. The van der Waals surface area contributed by atoms with Gasteiger partial charge in [0.15, 0.2) is 0 Å². The Bertz CT molecular complexity index is 423. The van der Waals surface area contributed by atoms with Gasteiger partial charge in [-0.2, -0.15) is 0 Å². The van der Waals surface area contributed by atoms with E-state index in [4.69, 9.17) is 17.3 Å². The van der Waals surface area contributed by atoms with E-state index in [1.54, 1.807) is 0 Å². The second-order valence-electron chi connectivity index (χ2n) is 5.68. The van der Waals surface area contributed by atoms with Crippen LogP contribution < -0.4 is 10.6 Å². The van der Waals surface area contributed by atoms with E-state index in [0.29, 0.717) is 6.04 Å². The van der Waals surface area contributed by atoms with Gasteiger partial charge in [-0.15, -0.1) is 0 Å². The lowest BCUT2D eigenvalue weighted by Gasteiger charge is -2.36. The van der Waals surface area contributed by atoms with E-state index < -0.39 is 0 Å². The summed E-state index contributed by atoms with van der Waals surface area (Å²) in [5.74, 6) is 0. The molecule has 1 aliphatic heterocycles. The van der Waals surface area contributed by atoms with Crippen molar-refractivity contribution in [3.05, 3.63) is 28.8 Å². The number of halogens is 1. The Kier molecular flexibility index (Phi) is 4.71. The molecule has 1 heterocycles. The first kappa shape index (κ1) is 14.6. The first-order valence-corrected chi connectivity index (χ1v) is 7.33. The van der Waals surface area contributed by atoms with Crippen molar-refractivity contribution in [1.82, 2.24) is 4.90 Å². The second kappa shape index (κ2) is 6.12. The van der Waals surface area contributed by atoms with Crippen molar-refractivity contribution in [1.29, 1.82) is 0 Å². The molecule has 0 amide bonds. The van der Waals surface area contributed by atoms with Crippen molar-refractivity contribution in [2.24, 2.45) is 5.73 Å². The van der Waals surface area contributed by atoms with Gasteiger partial charge >= 0.3 is 0 Å². The van der Waals surface area contributed by atoms with Gasteiger partial charge in [0.05, 0.1) is 0 Å². The lowest BCUT2D eigenvalue weighted by molar-refractivity contribution is 0.249. The summed E-state index contributed by atoms with van der Waals surface area (Å²) in [5, 5.41) is 0.780. The topological polar surface area (TPSA) is 32.5 Å². The van der Waals surface area contributed by atoms with Crippen LogP contribution in [-0.4, -0.2) is 38.1 Å². The van der Waals surface area contributed by atoms with E-state index in [1.165, 1.54) is 18.5 Å². The Labute approximate surface area is 121 Å². The quantitative estimate of drug-likeness (QED) is 0.925. The summed E-state index contributed by atoms with van der Waals surface area (Å²) in [6.45, 7) is 4.15. The van der Waals surface area contributed by atoms with Gasteiger partial charge in [0.1, 0.15) is 0 Å². The van der Waals surface area contributed by atoms with Crippen LogP contribution in [0.15, 0.2) is 18.2 Å². The molecular weight excluding hydrogens is 258 g/mol. The highest BCUT2D eigenvalue weighted by Crippen LogP contribution is 2.29. The Morgan fingerprint density at radius 2 is 1.95 bits per heavy atom. The summed E-state index contributed by atoms with van der Waals surface area (Å²) in [5.41, 5.74) is 8.13. The smallest absolute Gasteiger partial charge is 0.0474 e. The van der Waals surface area contributed by atoms with Gasteiger partial charge in [-0.05, 0) is 51.6 Å². The molecule has 1 fully saturated rings. The Morgan fingerprint density at radius 1 is 1.32 bits per heavy atom. The van der Waals surface area contributed by atoms with Crippen molar-refractivity contribution >= 4 is 17.3 Å². The van der Waals surface area contributed by atoms with Crippen LogP contribution in [0.1, 0.15) is 31.4 Å². The summed E-state index contributed by atoms with van der Waals surface area (Å²) in [6, 6.07) is 6.94. The minimum Gasteiger partial charge on any atom is -0.371 e. The number of nitrogens with zero attached hydrogens (tertiary/aromatic N) is 2. The molecule has 0 saturated carbocycles. The van der Waals surface area contributed by atoms with Crippen molar-refractivity contribution in [2.45, 2.75) is 31.8 Å². The van der Waals surface area contributed by atoms with Gasteiger partial charge in [-0.25, -0.2) is 0 Å². The largest absolute Gasteiger partial charge is 0.371 e. The van der Waals surface area contributed by atoms with E-state index in [1.807, 2.05) is 6.92 Å². The van der Waals surface area contributed by atoms with Crippen molar-refractivity contribution in [3.8, 4) is 0 Å². The number of anilines is 1. The van der Waals surface area contributed by atoms with Crippen molar-refractivity contribution in [2.75, 3.05) is 32.1 Å². The maximum Gasteiger partial charge on any atom is 0.0474 e. The van der Waals surface area contributed by atoms with Crippen LogP contribution in [0.3, 0.4) is 0 Å². The predicted octanol–water partition coefficient (Wildman–Crippen LogP) is 2.89. The Hall–Kier alpha value is -0.770. The molecule has 2 N–H and O–H groups in total. The molecule has 0 aliphatic carbocycles. The molecule has 2 rings (SSSR count). The molecular formula is C15H24ClN3. The number of hydrogen-bond donors (Lipinski definition) is 1. The minimum atomic E-state index is -0.0129. The molecule has 1 aromatic carbocycles. The fourth-order valence-electron chi connectivity index (χ4n) is 2.72. The van der Waals surface area contributed by atoms with E-state index in [2.05, 4.69) is 42.1 Å². The summed E-state index contributed by atoms with van der Waals surface area (Å²) in [7, 11) is 4.32. The Balaban J connectivity index is 2.06. The van der Waals surface area contributed by atoms with Gasteiger partial charge in [-0.1, -0.05) is 17.7 Å². The number of piperidine rings is 1. The average Bonchev–Trinajstić information content (AvgIpc) is 2.38. The normalized spacial score (nSPS) is 18.9. The third-order valence-electron chi connectivity index (χ3n) is 4.03. The van der Waals surface area contributed by atoms with E-state index in [9.17, 15) is 0 Å². The second-order valence-corrected chi connectivity index (χ2v) is 6.08.